The molecule has 0 saturated heterocycles. The van der Waals surface area contributed by atoms with Crippen molar-refractivity contribution < 1.29 is 4.79 Å². The Hall–Kier alpha value is -2.89. The molecule has 0 atom stereocenters. The molecule has 1 N–H and O–H groups in total. The molecular weight excluding hydrogens is 290 g/mol. The first-order valence-electron chi connectivity index (χ1n) is 7.42. The summed E-state index contributed by atoms with van der Waals surface area (Å²) in [6.45, 7) is 4.69. The lowest BCUT2D eigenvalue weighted by atomic mass is 10.2. The molecule has 0 fully saturated rings. The maximum atomic E-state index is 12.1. The summed E-state index contributed by atoms with van der Waals surface area (Å²) in [4.78, 5) is 12.1. The normalized spacial score (nSPS) is 10.7. The van der Waals surface area contributed by atoms with Crippen molar-refractivity contribution in [3.63, 3.8) is 0 Å². The van der Waals surface area contributed by atoms with Crippen LogP contribution in [0.5, 0.6) is 0 Å². The van der Waals surface area contributed by atoms with E-state index in [1.165, 1.54) is 0 Å². The molecule has 0 aliphatic carbocycles. The number of nitrogens with zero attached hydrogens (tertiary/aromatic N) is 4. The fourth-order valence-electron chi connectivity index (χ4n) is 2.49. The van der Waals surface area contributed by atoms with E-state index in [2.05, 4.69) is 15.5 Å². The molecule has 1 amide bonds. The maximum absolute atomic E-state index is 12.1. The monoisotopic (exact) mass is 309 g/mol. The number of nitrogens with one attached hydrogen (secondary N) is 1. The standard InChI is InChI=1S/C17H19N5O/c1-12-9-13(2)22(19-12)11-14-5-4-6-15(10-14)18-17(23)16-7-8-21(3)20-16/h4-10H,11H2,1-3H3,(H,18,23). The van der Waals surface area contributed by atoms with Crippen LogP contribution < -0.4 is 5.32 Å². The number of benzene rings is 1. The molecule has 3 aromatic rings. The number of carbonyl (C=O) groups is 1. The number of hydrogen-bond donors (Lipinski definition) is 1. The van der Waals surface area contributed by atoms with Gasteiger partial charge in [0.25, 0.3) is 5.91 Å². The van der Waals surface area contributed by atoms with Crippen LogP contribution in [0.15, 0.2) is 42.6 Å². The second-order valence-electron chi connectivity index (χ2n) is 5.61. The van der Waals surface area contributed by atoms with Gasteiger partial charge in [-0.05, 0) is 43.7 Å². The summed E-state index contributed by atoms with van der Waals surface area (Å²) in [5.41, 5.74) is 4.35. The Morgan fingerprint density at radius 1 is 1.17 bits per heavy atom. The highest BCUT2D eigenvalue weighted by molar-refractivity contribution is 6.02. The minimum absolute atomic E-state index is 0.214. The number of aromatic nitrogens is 4. The van der Waals surface area contributed by atoms with Gasteiger partial charge < -0.3 is 5.32 Å². The van der Waals surface area contributed by atoms with E-state index in [0.717, 1.165) is 22.6 Å². The Morgan fingerprint density at radius 3 is 2.65 bits per heavy atom. The SMILES string of the molecule is Cc1cc(C)n(Cc2cccc(NC(=O)c3ccn(C)n3)c2)n1. The second kappa shape index (κ2) is 6.08. The average molecular weight is 309 g/mol. The molecule has 6 nitrogen and oxygen atoms in total. The number of anilines is 1. The maximum Gasteiger partial charge on any atom is 0.276 e. The largest absolute Gasteiger partial charge is 0.321 e. The Labute approximate surface area is 134 Å². The van der Waals surface area contributed by atoms with Gasteiger partial charge in [0, 0.05) is 24.6 Å². The molecule has 0 spiro atoms. The Bertz CT molecular complexity index is 846. The number of carbonyl (C=O) groups excluding carboxylic acids is 1. The summed E-state index contributed by atoms with van der Waals surface area (Å²) in [5, 5.41) is 11.4. The molecule has 0 aliphatic rings. The molecule has 2 heterocycles. The van der Waals surface area contributed by atoms with E-state index in [1.54, 1.807) is 24.0 Å². The first kappa shape index (κ1) is 15.0. The molecule has 118 valence electrons. The lowest BCUT2D eigenvalue weighted by Crippen LogP contribution is -2.13. The molecule has 0 bridgehead atoms. The predicted octanol–water partition coefficient (Wildman–Crippen LogP) is 2.53. The van der Waals surface area contributed by atoms with E-state index in [-0.39, 0.29) is 5.91 Å². The molecule has 0 aliphatic heterocycles. The number of hydrogen-bond acceptors (Lipinski definition) is 3. The van der Waals surface area contributed by atoms with Crippen LogP contribution in [-0.2, 0) is 13.6 Å². The van der Waals surface area contributed by atoms with Crippen LogP contribution in [0, 0.1) is 13.8 Å². The molecule has 3 rings (SSSR count). The van der Waals surface area contributed by atoms with Gasteiger partial charge in [0.15, 0.2) is 5.69 Å². The van der Waals surface area contributed by atoms with Crippen LogP contribution in [0.4, 0.5) is 5.69 Å². The van der Waals surface area contributed by atoms with E-state index in [0.29, 0.717) is 12.2 Å². The highest BCUT2D eigenvalue weighted by atomic mass is 16.1. The van der Waals surface area contributed by atoms with Gasteiger partial charge in [0.1, 0.15) is 0 Å². The lowest BCUT2D eigenvalue weighted by Gasteiger charge is -2.08. The second-order valence-corrected chi connectivity index (χ2v) is 5.61. The zero-order valence-corrected chi connectivity index (χ0v) is 13.4. The minimum Gasteiger partial charge on any atom is -0.321 e. The Morgan fingerprint density at radius 2 is 2.00 bits per heavy atom. The third-order valence-corrected chi connectivity index (χ3v) is 3.57. The van der Waals surface area contributed by atoms with E-state index in [1.807, 2.05) is 48.9 Å². The number of amides is 1. The van der Waals surface area contributed by atoms with E-state index in [9.17, 15) is 4.79 Å². The van der Waals surface area contributed by atoms with Gasteiger partial charge in [-0.15, -0.1) is 0 Å². The zero-order valence-electron chi connectivity index (χ0n) is 13.4. The van der Waals surface area contributed by atoms with Crippen LogP contribution in [0.1, 0.15) is 27.4 Å². The van der Waals surface area contributed by atoms with Gasteiger partial charge in [-0.3, -0.25) is 14.2 Å². The van der Waals surface area contributed by atoms with E-state index < -0.39 is 0 Å². The Kier molecular flexibility index (Phi) is 3.97. The zero-order chi connectivity index (χ0) is 16.4. The molecule has 1 aromatic carbocycles. The molecule has 0 radical (unpaired) electrons. The summed E-state index contributed by atoms with van der Waals surface area (Å²) in [5.74, 6) is -0.214. The van der Waals surface area contributed by atoms with Crippen molar-refractivity contribution >= 4 is 11.6 Å². The van der Waals surface area contributed by atoms with Gasteiger partial charge in [-0.2, -0.15) is 10.2 Å². The van der Waals surface area contributed by atoms with Crippen LogP contribution in [0.3, 0.4) is 0 Å². The van der Waals surface area contributed by atoms with Crippen molar-refractivity contribution in [3.8, 4) is 0 Å². The third kappa shape index (κ3) is 3.48. The average Bonchev–Trinajstić information content (AvgIpc) is 3.05. The van der Waals surface area contributed by atoms with Crippen molar-refractivity contribution in [2.75, 3.05) is 5.32 Å². The molecule has 0 unspecified atom stereocenters. The van der Waals surface area contributed by atoms with Crippen molar-refractivity contribution in [2.24, 2.45) is 7.05 Å². The highest BCUT2D eigenvalue weighted by Crippen LogP contribution is 2.14. The van der Waals surface area contributed by atoms with Crippen molar-refractivity contribution in [2.45, 2.75) is 20.4 Å². The summed E-state index contributed by atoms with van der Waals surface area (Å²) in [6, 6.07) is 11.5. The Balaban J connectivity index is 1.74. The quantitative estimate of drug-likeness (QED) is 0.805. The van der Waals surface area contributed by atoms with Gasteiger partial charge in [-0.25, -0.2) is 0 Å². The van der Waals surface area contributed by atoms with Crippen molar-refractivity contribution in [1.29, 1.82) is 0 Å². The third-order valence-electron chi connectivity index (χ3n) is 3.57. The molecule has 6 heteroatoms. The van der Waals surface area contributed by atoms with Crippen LogP contribution in [0.25, 0.3) is 0 Å². The molecular formula is C17H19N5O. The number of aryl methyl sites for hydroxylation is 3. The molecule has 0 saturated carbocycles. The smallest absolute Gasteiger partial charge is 0.276 e. The van der Waals surface area contributed by atoms with E-state index in [4.69, 9.17) is 0 Å². The summed E-state index contributed by atoms with van der Waals surface area (Å²) < 4.78 is 3.56. The van der Waals surface area contributed by atoms with E-state index >= 15 is 0 Å². The minimum atomic E-state index is -0.214. The van der Waals surface area contributed by atoms with Crippen LogP contribution in [-0.4, -0.2) is 25.5 Å². The number of rotatable bonds is 4. The summed E-state index contributed by atoms with van der Waals surface area (Å²) in [6.07, 6.45) is 1.74. The molecule has 2 aromatic heterocycles. The van der Waals surface area contributed by atoms with Gasteiger partial charge >= 0.3 is 0 Å². The summed E-state index contributed by atoms with van der Waals surface area (Å²) >= 11 is 0. The lowest BCUT2D eigenvalue weighted by molar-refractivity contribution is 0.102. The molecule has 23 heavy (non-hydrogen) atoms. The van der Waals surface area contributed by atoms with Gasteiger partial charge in [0.05, 0.1) is 12.2 Å². The van der Waals surface area contributed by atoms with Crippen molar-refractivity contribution in [3.05, 3.63) is 65.2 Å². The van der Waals surface area contributed by atoms with Crippen LogP contribution >= 0.6 is 0 Å². The first-order valence-corrected chi connectivity index (χ1v) is 7.42. The fourth-order valence-corrected chi connectivity index (χ4v) is 2.49. The van der Waals surface area contributed by atoms with Gasteiger partial charge in [-0.1, -0.05) is 12.1 Å². The summed E-state index contributed by atoms with van der Waals surface area (Å²) in [7, 11) is 1.78. The highest BCUT2D eigenvalue weighted by Gasteiger charge is 2.09. The fraction of sp³-hybridized carbons (Fsp3) is 0.235. The van der Waals surface area contributed by atoms with Crippen molar-refractivity contribution in [1.82, 2.24) is 19.6 Å². The first-order chi connectivity index (χ1) is 11.0. The van der Waals surface area contributed by atoms with Gasteiger partial charge in [0.2, 0.25) is 0 Å². The predicted molar refractivity (Wildman–Crippen MR) is 88.4 cm³/mol. The topological polar surface area (TPSA) is 64.7 Å². The van der Waals surface area contributed by atoms with Crippen LogP contribution in [0.2, 0.25) is 0 Å².